The molecule has 0 aromatic carbocycles. The molecule has 0 aromatic heterocycles. The first-order chi connectivity index (χ1) is 14.3. The van der Waals surface area contributed by atoms with Crippen molar-refractivity contribution < 1.29 is 14.3 Å². The molecule has 1 saturated carbocycles. The van der Waals surface area contributed by atoms with Gasteiger partial charge in [0.2, 0.25) is 5.91 Å². The van der Waals surface area contributed by atoms with E-state index in [1.54, 1.807) is 0 Å². The Morgan fingerprint density at radius 3 is 2.79 bits per heavy atom. The summed E-state index contributed by atoms with van der Waals surface area (Å²) in [5, 5.41) is 6.85. The zero-order valence-corrected chi connectivity index (χ0v) is 18.2. The van der Waals surface area contributed by atoms with E-state index in [2.05, 4.69) is 27.4 Å². The molecular weight excluding hydrogens is 368 g/mol. The van der Waals surface area contributed by atoms with Crippen LogP contribution in [-0.2, 0) is 14.3 Å². The minimum atomic E-state index is 0.263. The van der Waals surface area contributed by atoms with E-state index in [0.717, 1.165) is 83.9 Å². The molecule has 0 radical (unpaired) electrons. The number of hydrogen-bond donors (Lipinski definition) is 2. The Morgan fingerprint density at radius 1 is 1.17 bits per heavy atom. The third-order valence-electron chi connectivity index (χ3n) is 6.18. The second-order valence-corrected chi connectivity index (χ2v) is 8.57. The highest BCUT2D eigenvalue weighted by Gasteiger charge is 2.31. The first-order valence-corrected chi connectivity index (χ1v) is 11.8. The van der Waals surface area contributed by atoms with Crippen LogP contribution in [0.25, 0.3) is 0 Å². The van der Waals surface area contributed by atoms with Crippen LogP contribution >= 0.6 is 0 Å². The Morgan fingerprint density at radius 2 is 2.03 bits per heavy atom. The number of nitrogens with one attached hydrogen (secondary N) is 2. The topological polar surface area (TPSA) is 75.2 Å². The summed E-state index contributed by atoms with van der Waals surface area (Å²) in [6.45, 7) is 7.60. The van der Waals surface area contributed by atoms with Gasteiger partial charge in [-0.3, -0.25) is 9.79 Å². The lowest BCUT2D eigenvalue weighted by atomic mass is 9.88. The van der Waals surface area contributed by atoms with E-state index >= 15 is 0 Å². The molecule has 2 heterocycles. The van der Waals surface area contributed by atoms with Gasteiger partial charge in [-0.2, -0.15) is 0 Å². The van der Waals surface area contributed by atoms with Gasteiger partial charge in [-0.05, 0) is 45.4 Å². The Labute approximate surface area is 176 Å². The van der Waals surface area contributed by atoms with E-state index in [1.807, 2.05) is 0 Å². The maximum atomic E-state index is 12.8. The summed E-state index contributed by atoms with van der Waals surface area (Å²) in [6.07, 6.45) is 10.3. The van der Waals surface area contributed by atoms with E-state index < -0.39 is 0 Å². The fourth-order valence-electron chi connectivity index (χ4n) is 4.55. The predicted molar refractivity (Wildman–Crippen MR) is 115 cm³/mol. The lowest BCUT2D eigenvalue weighted by Crippen LogP contribution is -2.45. The SMILES string of the molecule is CCNC(=NCCCOCC1CCCO1)NC1CCN(C(=O)C2CCCCC2)C1. The van der Waals surface area contributed by atoms with Crippen molar-refractivity contribution in [2.75, 3.05) is 46.0 Å². The summed E-state index contributed by atoms with van der Waals surface area (Å²) in [5.41, 5.74) is 0. The molecule has 3 fully saturated rings. The fourth-order valence-corrected chi connectivity index (χ4v) is 4.55. The quantitative estimate of drug-likeness (QED) is 0.348. The first-order valence-electron chi connectivity index (χ1n) is 11.8. The smallest absolute Gasteiger partial charge is 0.225 e. The monoisotopic (exact) mass is 408 g/mol. The van der Waals surface area contributed by atoms with Gasteiger partial charge in [0.05, 0.1) is 12.7 Å². The van der Waals surface area contributed by atoms with E-state index in [0.29, 0.717) is 18.6 Å². The second kappa shape index (κ2) is 12.4. The molecule has 7 nitrogen and oxygen atoms in total. The number of rotatable bonds is 9. The molecule has 29 heavy (non-hydrogen) atoms. The predicted octanol–water partition coefficient (Wildman–Crippen LogP) is 2.31. The van der Waals surface area contributed by atoms with Crippen LogP contribution in [-0.4, -0.2) is 74.9 Å². The van der Waals surface area contributed by atoms with Gasteiger partial charge in [0.15, 0.2) is 5.96 Å². The highest BCUT2D eigenvalue weighted by Crippen LogP contribution is 2.26. The fraction of sp³-hybridized carbons (Fsp3) is 0.909. The molecule has 2 unspecified atom stereocenters. The Balaban J connectivity index is 1.34. The molecule has 1 amide bonds. The summed E-state index contributed by atoms with van der Waals surface area (Å²) in [5.74, 6) is 1.49. The van der Waals surface area contributed by atoms with Crippen molar-refractivity contribution >= 4 is 11.9 Å². The summed E-state index contributed by atoms with van der Waals surface area (Å²) >= 11 is 0. The average molecular weight is 409 g/mol. The van der Waals surface area contributed by atoms with Crippen molar-refractivity contribution in [3.8, 4) is 0 Å². The van der Waals surface area contributed by atoms with Gasteiger partial charge in [-0.15, -0.1) is 0 Å². The average Bonchev–Trinajstić information content (AvgIpc) is 3.43. The number of ether oxygens (including phenoxy) is 2. The van der Waals surface area contributed by atoms with Crippen molar-refractivity contribution in [1.82, 2.24) is 15.5 Å². The van der Waals surface area contributed by atoms with Gasteiger partial charge < -0.3 is 25.0 Å². The van der Waals surface area contributed by atoms with Crippen molar-refractivity contribution in [2.24, 2.45) is 10.9 Å². The number of nitrogens with zero attached hydrogens (tertiary/aromatic N) is 2. The van der Waals surface area contributed by atoms with Gasteiger partial charge in [-0.25, -0.2) is 0 Å². The molecule has 1 aliphatic carbocycles. The maximum Gasteiger partial charge on any atom is 0.225 e. The Hall–Kier alpha value is -1.34. The maximum absolute atomic E-state index is 12.8. The molecule has 0 aromatic rings. The number of hydrogen-bond acceptors (Lipinski definition) is 4. The van der Waals surface area contributed by atoms with Crippen LogP contribution in [0.5, 0.6) is 0 Å². The van der Waals surface area contributed by atoms with Crippen LogP contribution in [0.3, 0.4) is 0 Å². The minimum absolute atomic E-state index is 0.263. The number of amides is 1. The second-order valence-electron chi connectivity index (χ2n) is 8.57. The first kappa shape index (κ1) is 22.3. The molecule has 7 heteroatoms. The number of aliphatic imine (C=N–C) groups is 1. The number of guanidine groups is 1. The van der Waals surface area contributed by atoms with E-state index in [9.17, 15) is 4.79 Å². The lowest BCUT2D eigenvalue weighted by Gasteiger charge is -2.26. The van der Waals surface area contributed by atoms with Crippen LogP contribution < -0.4 is 10.6 Å². The standard InChI is InChI=1S/C22H40N4O3/c1-2-23-22(24-12-7-14-28-17-20-10-6-15-29-20)25-19-11-13-26(16-19)21(27)18-8-4-3-5-9-18/h18-20H,2-17H2,1H3,(H2,23,24,25). The number of likely N-dealkylation sites (tertiary alicyclic amines) is 1. The molecule has 2 N–H and O–H groups in total. The van der Waals surface area contributed by atoms with Crippen LogP contribution in [0, 0.1) is 5.92 Å². The van der Waals surface area contributed by atoms with Gasteiger partial charge in [-0.1, -0.05) is 19.3 Å². The van der Waals surface area contributed by atoms with Crippen molar-refractivity contribution in [3.05, 3.63) is 0 Å². The molecule has 0 spiro atoms. The summed E-state index contributed by atoms with van der Waals surface area (Å²) < 4.78 is 11.3. The molecule has 0 bridgehead atoms. The summed E-state index contributed by atoms with van der Waals surface area (Å²) in [7, 11) is 0. The summed E-state index contributed by atoms with van der Waals surface area (Å²) in [6, 6.07) is 0.288. The Bertz CT molecular complexity index is 516. The van der Waals surface area contributed by atoms with E-state index in [-0.39, 0.29) is 12.0 Å². The lowest BCUT2D eigenvalue weighted by molar-refractivity contribution is -0.135. The zero-order valence-electron chi connectivity index (χ0n) is 18.2. The van der Waals surface area contributed by atoms with Gasteiger partial charge in [0.25, 0.3) is 0 Å². The number of carbonyl (C=O) groups is 1. The molecule has 2 atom stereocenters. The van der Waals surface area contributed by atoms with E-state index in [1.165, 1.54) is 19.3 Å². The zero-order chi connectivity index (χ0) is 20.3. The highest BCUT2D eigenvalue weighted by molar-refractivity contribution is 5.81. The molecule has 166 valence electrons. The van der Waals surface area contributed by atoms with Crippen LogP contribution in [0.1, 0.15) is 64.7 Å². The highest BCUT2D eigenvalue weighted by atomic mass is 16.5. The van der Waals surface area contributed by atoms with Crippen LogP contribution in [0.4, 0.5) is 0 Å². The van der Waals surface area contributed by atoms with Crippen molar-refractivity contribution in [1.29, 1.82) is 0 Å². The molecule has 2 saturated heterocycles. The number of carbonyl (C=O) groups excluding carboxylic acids is 1. The summed E-state index contributed by atoms with van der Waals surface area (Å²) in [4.78, 5) is 19.5. The van der Waals surface area contributed by atoms with Crippen molar-refractivity contribution in [3.63, 3.8) is 0 Å². The largest absolute Gasteiger partial charge is 0.379 e. The molecule has 2 aliphatic heterocycles. The van der Waals surface area contributed by atoms with E-state index in [4.69, 9.17) is 9.47 Å². The van der Waals surface area contributed by atoms with Gasteiger partial charge in [0.1, 0.15) is 0 Å². The molecular formula is C22H40N4O3. The van der Waals surface area contributed by atoms with Crippen LogP contribution in [0.2, 0.25) is 0 Å². The van der Waals surface area contributed by atoms with Gasteiger partial charge in [0, 0.05) is 51.4 Å². The minimum Gasteiger partial charge on any atom is -0.379 e. The Kier molecular flexibility index (Phi) is 9.54. The third kappa shape index (κ3) is 7.45. The normalized spacial score (nSPS) is 26.1. The molecule has 3 rings (SSSR count). The van der Waals surface area contributed by atoms with Crippen molar-refractivity contribution in [2.45, 2.75) is 76.9 Å². The third-order valence-corrected chi connectivity index (χ3v) is 6.18. The molecule has 3 aliphatic rings. The van der Waals surface area contributed by atoms with Crippen LogP contribution in [0.15, 0.2) is 4.99 Å². The van der Waals surface area contributed by atoms with Gasteiger partial charge >= 0.3 is 0 Å².